The lowest BCUT2D eigenvalue weighted by molar-refractivity contribution is 0.102. The van der Waals surface area contributed by atoms with Crippen molar-refractivity contribution < 1.29 is 23.8 Å². The molecule has 0 heterocycles. The highest BCUT2D eigenvalue weighted by Gasteiger charge is 2.33. The molecule has 3 N–H and O–H groups in total. The molecule has 3 aromatic carbocycles. The van der Waals surface area contributed by atoms with Crippen LogP contribution in [-0.2, 0) is 6.54 Å². The maximum atomic E-state index is 13.4. The van der Waals surface area contributed by atoms with E-state index in [1.807, 2.05) is 0 Å². The second-order valence-corrected chi connectivity index (χ2v) is 7.84. The van der Waals surface area contributed by atoms with Crippen molar-refractivity contribution in [1.29, 1.82) is 0 Å². The van der Waals surface area contributed by atoms with Gasteiger partial charge in [-0.05, 0) is 66.9 Å². The Morgan fingerprint density at radius 2 is 1.76 bits per heavy atom. The largest absolute Gasteiger partial charge is 0.504 e. The normalized spacial score (nSPS) is 12.7. The van der Waals surface area contributed by atoms with Crippen LogP contribution in [0.1, 0.15) is 28.8 Å². The van der Waals surface area contributed by atoms with Crippen LogP contribution in [0.25, 0.3) is 0 Å². The first-order valence-corrected chi connectivity index (χ1v) is 10.5. The molecule has 0 aliphatic heterocycles. The second-order valence-electron chi connectivity index (χ2n) is 7.84. The van der Waals surface area contributed by atoms with Gasteiger partial charge in [0, 0.05) is 29.5 Å². The number of aromatic hydroxyl groups is 1. The number of phenols is 1. The minimum absolute atomic E-state index is 0.0389. The smallest absolute Gasteiger partial charge is 0.322 e. The molecule has 170 valence electrons. The molecule has 1 saturated carbocycles. The predicted molar refractivity (Wildman–Crippen MR) is 123 cm³/mol. The standard InChI is InChI=1S/C25H24FN3O4/c1-33-23-12-16(8-11-22(23)30)15-29(21-9-10-21)25(32)28-19-6-2-4-17(13-19)24(31)27-20-7-3-5-18(26)14-20/h2-8,11-14,21,30H,9-10,15H2,1H3,(H,27,31)(H,28,32). The summed E-state index contributed by atoms with van der Waals surface area (Å²) in [7, 11) is 1.47. The Balaban J connectivity index is 1.45. The molecule has 0 aromatic heterocycles. The molecule has 0 unspecified atom stereocenters. The Hall–Kier alpha value is -4.07. The minimum Gasteiger partial charge on any atom is -0.504 e. The Kier molecular flexibility index (Phi) is 6.44. The Morgan fingerprint density at radius 3 is 2.45 bits per heavy atom. The van der Waals surface area contributed by atoms with Crippen molar-refractivity contribution in [3.63, 3.8) is 0 Å². The average Bonchev–Trinajstić information content (AvgIpc) is 3.64. The van der Waals surface area contributed by atoms with Crippen molar-refractivity contribution in [2.45, 2.75) is 25.4 Å². The zero-order valence-electron chi connectivity index (χ0n) is 18.0. The molecule has 1 aliphatic rings. The lowest BCUT2D eigenvalue weighted by Crippen LogP contribution is -2.36. The summed E-state index contributed by atoms with van der Waals surface area (Å²) in [6, 6.07) is 17.0. The third kappa shape index (κ3) is 5.60. The first-order valence-electron chi connectivity index (χ1n) is 10.5. The molecule has 0 atom stereocenters. The van der Waals surface area contributed by atoms with Gasteiger partial charge in [-0.2, -0.15) is 0 Å². The fourth-order valence-corrected chi connectivity index (χ4v) is 3.47. The predicted octanol–water partition coefficient (Wildman–Crippen LogP) is 4.99. The van der Waals surface area contributed by atoms with Gasteiger partial charge in [0.15, 0.2) is 11.5 Å². The number of nitrogens with one attached hydrogen (secondary N) is 2. The van der Waals surface area contributed by atoms with Crippen LogP contribution in [0.15, 0.2) is 66.7 Å². The molecule has 0 spiro atoms. The van der Waals surface area contributed by atoms with Gasteiger partial charge in [0.2, 0.25) is 0 Å². The molecule has 1 fully saturated rings. The van der Waals surface area contributed by atoms with Crippen molar-refractivity contribution in [2.24, 2.45) is 0 Å². The minimum atomic E-state index is -0.444. The number of benzene rings is 3. The van der Waals surface area contributed by atoms with Crippen molar-refractivity contribution in [3.05, 3.63) is 83.7 Å². The van der Waals surface area contributed by atoms with Gasteiger partial charge in [-0.15, -0.1) is 0 Å². The van der Waals surface area contributed by atoms with Gasteiger partial charge in [-0.25, -0.2) is 9.18 Å². The SMILES string of the molecule is COc1cc(CN(C(=O)Nc2cccc(C(=O)Nc3cccc(F)c3)c2)C2CC2)ccc1O. The van der Waals surface area contributed by atoms with Crippen LogP contribution in [-0.4, -0.2) is 35.1 Å². The highest BCUT2D eigenvalue weighted by atomic mass is 19.1. The van der Waals surface area contributed by atoms with Crippen LogP contribution in [0, 0.1) is 5.82 Å². The van der Waals surface area contributed by atoms with Gasteiger partial charge in [-0.3, -0.25) is 4.79 Å². The number of rotatable bonds is 7. The highest BCUT2D eigenvalue weighted by Crippen LogP contribution is 2.31. The van der Waals surface area contributed by atoms with Gasteiger partial charge < -0.3 is 25.4 Å². The molecule has 0 saturated heterocycles. The van der Waals surface area contributed by atoms with E-state index in [4.69, 9.17) is 4.74 Å². The fourth-order valence-electron chi connectivity index (χ4n) is 3.47. The number of anilines is 2. The molecule has 0 radical (unpaired) electrons. The molecule has 8 heteroatoms. The second kappa shape index (κ2) is 9.60. The number of amides is 3. The number of urea groups is 1. The van der Waals surface area contributed by atoms with Crippen LogP contribution in [0.4, 0.5) is 20.6 Å². The molecule has 1 aliphatic carbocycles. The summed E-state index contributed by atoms with van der Waals surface area (Å²) in [5, 5.41) is 15.3. The fraction of sp³-hybridized carbons (Fsp3) is 0.200. The number of phenolic OH excluding ortho intramolecular Hbond substituents is 1. The van der Waals surface area contributed by atoms with E-state index >= 15 is 0 Å². The van der Waals surface area contributed by atoms with Gasteiger partial charge in [0.25, 0.3) is 5.91 Å². The molecular weight excluding hydrogens is 425 g/mol. The maximum Gasteiger partial charge on any atom is 0.322 e. The monoisotopic (exact) mass is 449 g/mol. The Morgan fingerprint density at radius 1 is 1.03 bits per heavy atom. The van der Waals surface area contributed by atoms with Crippen molar-refractivity contribution in [2.75, 3.05) is 17.7 Å². The first kappa shape index (κ1) is 22.1. The van der Waals surface area contributed by atoms with Crippen LogP contribution >= 0.6 is 0 Å². The van der Waals surface area contributed by atoms with Crippen LogP contribution < -0.4 is 15.4 Å². The molecule has 7 nitrogen and oxygen atoms in total. The quantitative estimate of drug-likeness (QED) is 0.474. The molecule has 33 heavy (non-hydrogen) atoms. The topological polar surface area (TPSA) is 90.9 Å². The van der Waals surface area contributed by atoms with E-state index in [1.165, 1.54) is 31.4 Å². The summed E-state index contributed by atoms with van der Waals surface area (Å²) in [5.41, 5.74) is 1.98. The number of nitrogens with zero attached hydrogens (tertiary/aromatic N) is 1. The van der Waals surface area contributed by atoms with E-state index in [9.17, 15) is 19.1 Å². The Bertz CT molecular complexity index is 1180. The van der Waals surface area contributed by atoms with Gasteiger partial charge in [0.05, 0.1) is 7.11 Å². The number of hydrogen-bond acceptors (Lipinski definition) is 4. The third-order valence-corrected chi connectivity index (χ3v) is 5.30. The van der Waals surface area contributed by atoms with E-state index in [-0.39, 0.29) is 17.8 Å². The van der Waals surface area contributed by atoms with Crippen LogP contribution in [0.5, 0.6) is 11.5 Å². The van der Waals surface area contributed by atoms with Gasteiger partial charge in [0.1, 0.15) is 5.82 Å². The van der Waals surface area contributed by atoms with E-state index in [0.717, 1.165) is 18.4 Å². The number of ether oxygens (including phenoxy) is 1. The number of carbonyl (C=O) groups is 2. The zero-order valence-corrected chi connectivity index (χ0v) is 18.0. The molecule has 3 amide bonds. The summed E-state index contributed by atoms with van der Waals surface area (Å²) in [5.74, 6) is -0.468. The summed E-state index contributed by atoms with van der Waals surface area (Å²) in [6.45, 7) is 0.354. The number of halogens is 1. The molecule has 3 aromatic rings. The lowest BCUT2D eigenvalue weighted by Gasteiger charge is -2.23. The number of methoxy groups -OCH3 is 1. The first-order chi connectivity index (χ1) is 15.9. The number of hydrogen-bond donors (Lipinski definition) is 3. The van der Waals surface area contributed by atoms with Crippen LogP contribution in [0.2, 0.25) is 0 Å². The van der Waals surface area contributed by atoms with Crippen molar-refractivity contribution in [3.8, 4) is 11.5 Å². The van der Waals surface area contributed by atoms with Crippen molar-refractivity contribution >= 4 is 23.3 Å². The summed E-state index contributed by atoms with van der Waals surface area (Å²) in [4.78, 5) is 27.3. The summed E-state index contributed by atoms with van der Waals surface area (Å²) < 4.78 is 18.5. The summed E-state index contributed by atoms with van der Waals surface area (Å²) in [6.07, 6.45) is 1.83. The highest BCUT2D eigenvalue weighted by molar-refractivity contribution is 6.05. The van der Waals surface area contributed by atoms with Gasteiger partial charge in [-0.1, -0.05) is 18.2 Å². The van der Waals surface area contributed by atoms with Crippen LogP contribution in [0.3, 0.4) is 0 Å². The number of carbonyl (C=O) groups excluding carboxylic acids is 2. The summed E-state index contributed by atoms with van der Waals surface area (Å²) >= 11 is 0. The third-order valence-electron chi connectivity index (χ3n) is 5.30. The Labute approximate surface area is 190 Å². The van der Waals surface area contributed by atoms with E-state index in [1.54, 1.807) is 47.4 Å². The van der Waals surface area contributed by atoms with E-state index in [2.05, 4.69) is 10.6 Å². The molecule has 4 rings (SSSR count). The van der Waals surface area contributed by atoms with E-state index in [0.29, 0.717) is 29.2 Å². The van der Waals surface area contributed by atoms with E-state index < -0.39 is 11.7 Å². The molecule has 0 bridgehead atoms. The molecular formula is C25H24FN3O4. The average molecular weight is 449 g/mol. The lowest BCUT2D eigenvalue weighted by atomic mass is 10.1. The van der Waals surface area contributed by atoms with Gasteiger partial charge >= 0.3 is 6.03 Å². The van der Waals surface area contributed by atoms with Crippen molar-refractivity contribution in [1.82, 2.24) is 4.90 Å². The maximum absolute atomic E-state index is 13.4. The zero-order chi connectivity index (χ0) is 23.4.